The summed E-state index contributed by atoms with van der Waals surface area (Å²) in [5.41, 5.74) is 0.708. The van der Waals surface area contributed by atoms with E-state index in [-0.39, 0.29) is 48.9 Å². The van der Waals surface area contributed by atoms with Gasteiger partial charge in [-0.15, -0.1) is 24.0 Å². The van der Waals surface area contributed by atoms with Gasteiger partial charge in [0, 0.05) is 13.1 Å². The quantitative estimate of drug-likeness (QED) is 0.234. The Kier molecular flexibility index (Phi) is 11.9. The zero-order valence-corrected chi connectivity index (χ0v) is 21.3. The topological polar surface area (TPSA) is 100 Å². The van der Waals surface area contributed by atoms with E-state index in [1.54, 1.807) is 36.4 Å². The molecule has 0 spiro atoms. The van der Waals surface area contributed by atoms with Crippen LogP contribution in [0.15, 0.2) is 64.5 Å². The van der Waals surface area contributed by atoms with E-state index in [2.05, 4.69) is 15.6 Å². The second kappa shape index (κ2) is 13.5. The van der Waals surface area contributed by atoms with E-state index in [1.165, 1.54) is 0 Å². The van der Waals surface area contributed by atoms with Crippen LogP contribution in [-0.4, -0.2) is 51.0 Å². The number of hydrogen-bond acceptors (Lipinski definition) is 5. The van der Waals surface area contributed by atoms with Gasteiger partial charge >= 0.3 is 0 Å². The lowest BCUT2D eigenvalue weighted by molar-refractivity contribution is 0.185. The van der Waals surface area contributed by atoms with E-state index in [9.17, 15) is 13.5 Å². The molecule has 0 fully saturated rings. The van der Waals surface area contributed by atoms with Crippen molar-refractivity contribution >= 4 is 39.8 Å². The van der Waals surface area contributed by atoms with Crippen LogP contribution in [0.5, 0.6) is 5.75 Å². The molecule has 2 rings (SSSR count). The van der Waals surface area contributed by atoms with Crippen molar-refractivity contribution in [2.24, 2.45) is 4.99 Å². The van der Waals surface area contributed by atoms with Crippen LogP contribution in [-0.2, 0) is 9.84 Å². The number of guanidine groups is 1. The highest BCUT2D eigenvalue weighted by Crippen LogP contribution is 2.20. The molecule has 1 unspecified atom stereocenters. The van der Waals surface area contributed by atoms with E-state index in [0.29, 0.717) is 28.7 Å². The number of aliphatic imine (C=N–C) groups is 1. The molecule has 2 aromatic carbocycles. The molecule has 0 bridgehead atoms. The zero-order chi connectivity index (χ0) is 22.0. The molecule has 0 saturated heterocycles. The molecule has 2 aromatic rings. The summed E-state index contributed by atoms with van der Waals surface area (Å²) >= 11 is 0. The summed E-state index contributed by atoms with van der Waals surface area (Å²) in [5, 5.41) is 16.6. The summed E-state index contributed by atoms with van der Waals surface area (Å²) in [4.78, 5) is 4.68. The molecule has 0 aliphatic heterocycles. The summed E-state index contributed by atoms with van der Waals surface area (Å²) in [6.07, 6.45) is -0.753. The predicted octanol–water partition coefficient (Wildman–Crippen LogP) is 3.15. The highest BCUT2D eigenvalue weighted by molar-refractivity contribution is 14.0. The standard InChI is InChI=1S/C22H31N3O4S.HI/c1-4-23-22(24-13-14-30(27,28)20-11-6-5-7-12-20)25-16-21(26)18-9-8-10-19(15-18)29-17(2)3;/h5-12,15,17,21,26H,4,13-14,16H2,1-3H3,(H2,23,24,25);1H. The molecule has 0 saturated carbocycles. The summed E-state index contributed by atoms with van der Waals surface area (Å²) in [5.74, 6) is 1.09. The van der Waals surface area contributed by atoms with Crippen molar-refractivity contribution in [3.05, 3.63) is 60.2 Å². The molecule has 0 radical (unpaired) electrons. The Morgan fingerprint density at radius 3 is 2.45 bits per heavy atom. The van der Waals surface area contributed by atoms with Crippen molar-refractivity contribution < 1.29 is 18.3 Å². The molecule has 0 heterocycles. The molecule has 1 atom stereocenters. The van der Waals surface area contributed by atoms with Crippen LogP contribution in [0.2, 0.25) is 0 Å². The molecular weight excluding hydrogens is 529 g/mol. The number of halogens is 1. The number of ether oxygens (including phenoxy) is 1. The monoisotopic (exact) mass is 561 g/mol. The molecule has 3 N–H and O–H groups in total. The molecule has 31 heavy (non-hydrogen) atoms. The summed E-state index contributed by atoms with van der Waals surface area (Å²) in [7, 11) is -3.37. The Morgan fingerprint density at radius 1 is 1.10 bits per heavy atom. The number of hydrogen-bond donors (Lipinski definition) is 3. The van der Waals surface area contributed by atoms with E-state index < -0.39 is 15.9 Å². The van der Waals surface area contributed by atoms with Crippen molar-refractivity contribution in [3.63, 3.8) is 0 Å². The van der Waals surface area contributed by atoms with Crippen LogP contribution in [0.1, 0.15) is 32.4 Å². The Bertz CT molecular complexity index is 921. The average molecular weight is 561 g/mol. The van der Waals surface area contributed by atoms with Crippen molar-refractivity contribution in [1.29, 1.82) is 0 Å². The Labute approximate surface area is 202 Å². The van der Waals surface area contributed by atoms with E-state index in [0.717, 1.165) is 0 Å². The number of aliphatic hydroxyl groups excluding tert-OH is 1. The first-order valence-electron chi connectivity index (χ1n) is 10.1. The van der Waals surface area contributed by atoms with Gasteiger partial charge in [-0.25, -0.2) is 8.42 Å². The maximum absolute atomic E-state index is 12.4. The Morgan fingerprint density at radius 2 is 1.81 bits per heavy atom. The molecule has 172 valence electrons. The minimum absolute atomic E-state index is 0. The normalized spacial score (nSPS) is 12.7. The highest BCUT2D eigenvalue weighted by Gasteiger charge is 2.14. The lowest BCUT2D eigenvalue weighted by atomic mass is 10.1. The Hall–Kier alpha value is -1.85. The third-order valence-electron chi connectivity index (χ3n) is 4.15. The first kappa shape index (κ1) is 27.2. The molecule has 0 amide bonds. The number of nitrogens with zero attached hydrogens (tertiary/aromatic N) is 1. The number of benzene rings is 2. The minimum atomic E-state index is -3.37. The van der Waals surface area contributed by atoms with Crippen LogP contribution in [0, 0.1) is 0 Å². The van der Waals surface area contributed by atoms with Crippen LogP contribution in [0.25, 0.3) is 0 Å². The number of nitrogens with one attached hydrogen (secondary N) is 2. The van der Waals surface area contributed by atoms with Crippen LogP contribution >= 0.6 is 24.0 Å². The predicted molar refractivity (Wildman–Crippen MR) is 135 cm³/mol. The number of sulfone groups is 1. The maximum atomic E-state index is 12.4. The van der Waals surface area contributed by atoms with Crippen molar-refractivity contribution in [1.82, 2.24) is 10.6 Å². The van der Waals surface area contributed by atoms with Gasteiger partial charge in [0.25, 0.3) is 0 Å². The fourth-order valence-corrected chi connectivity index (χ4v) is 3.92. The highest BCUT2D eigenvalue weighted by atomic mass is 127. The van der Waals surface area contributed by atoms with Crippen molar-refractivity contribution in [3.8, 4) is 5.75 Å². The smallest absolute Gasteiger partial charge is 0.191 e. The number of rotatable bonds is 10. The number of aliphatic hydroxyl groups is 1. The first-order chi connectivity index (χ1) is 14.3. The molecule has 7 nitrogen and oxygen atoms in total. The molecule has 0 aliphatic rings. The lowest BCUT2D eigenvalue weighted by Gasteiger charge is -2.15. The van der Waals surface area contributed by atoms with Crippen LogP contribution < -0.4 is 15.4 Å². The largest absolute Gasteiger partial charge is 0.491 e. The van der Waals surface area contributed by atoms with Gasteiger partial charge in [-0.3, -0.25) is 4.99 Å². The maximum Gasteiger partial charge on any atom is 0.191 e. The SMILES string of the molecule is CCNC(=NCC(O)c1cccc(OC(C)C)c1)NCCS(=O)(=O)c1ccccc1.I. The van der Waals surface area contributed by atoms with Gasteiger partial charge in [0.15, 0.2) is 15.8 Å². The van der Waals surface area contributed by atoms with Gasteiger partial charge in [-0.2, -0.15) is 0 Å². The summed E-state index contributed by atoms with van der Waals surface area (Å²) in [6.45, 7) is 6.76. The second-order valence-electron chi connectivity index (χ2n) is 7.03. The molecule has 0 aliphatic carbocycles. The third kappa shape index (κ3) is 9.44. The van der Waals surface area contributed by atoms with Gasteiger partial charge in [0.1, 0.15) is 5.75 Å². The third-order valence-corrected chi connectivity index (χ3v) is 5.88. The summed E-state index contributed by atoms with van der Waals surface area (Å²) in [6, 6.07) is 15.7. The minimum Gasteiger partial charge on any atom is -0.491 e. The van der Waals surface area contributed by atoms with Gasteiger partial charge in [-0.05, 0) is 50.6 Å². The van der Waals surface area contributed by atoms with E-state index >= 15 is 0 Å². The fourth-order valence-electron chi connectivity index (χ4n) is 2.74. The van der Waals surface area contributed by atoms with Gasteiger partial charge in [-0.1, -0.05) is 30.3 Å². The second-order valence-corrected chi connectivity index (χ2v) is 9.14. The zero-order valence-electron chi connectivity index (χ0n) is 18.1. The van der Waals surface area contributed by atoms with Crippen LogP contribution in [0.3, 0.4) is 0 Å². The van der Waals surface area contributed by atoms with E-state index in [1.807, 2.05) is 39.0 Å². The Balaban J connectivity index is 0.00000480. The van der Waals surface area contributed by atoms with Gasteiger partial charge in [0.05, 0.1) is 29.4 Å². The van der Waals surface area contributed by atoms with Gasteiger partial charge < -0.3 is 20.5 Å². The van der Waals surface area contributed by atoms with E-state index in [4.69, 9.17) is 4.74 Å². The first-order valence-corrected chi connectivity index (χ1v) is 11.7. The average Bonchev–Trinajstić information content (AvgIpc) is 2.72. The molecule has 9 heteroatoms. The van der Waals surface area contributed by atoms with Gasteiger partial charge in [0.2, 0.25) is 0 Å². The fraction of sp³-hybridized carbons (Fsp3) is 0.409. The molecular formula is C22H32IN3O4S. The van der Waals surface area contributed by atoms with Crippen LogP contribution in [0.4, 0.5) is 0 Å². The summed E-state index contributed by atoms with van der Waals surface area (Å²) < 4.78 is 30.4. The lowest BCUT2D eigenvalue weighted by Crippen LogP contribution is -2.39. The van der Waals surface area contributed by atoms with Crippen molar-refractivity contribution in [2.45, 2.75) is 37.9 Å². The molecule has 0 aromatic heterocycles. The van der Waals surface area contributed by atoms with Crippen molar-refractivity contribution in [2.75, 3.05) is 25.4 Å².